The monoisotopic (exact) mass is 316 g/mol. The predicted molar refractivity (Wildman–Crippen MR) is 84.8 cm³/mol. The van der Waals surface area contributed by atoms with Crippen LogP contribution in [0.1, 0.15) is 11.4 Å². The summed E-state index contributed by atoms with van der Waals surface area (Å²) in [5, 5.41) is 0. The quantitative estimate of drug-likeness (QED) is 0.745. The number of hydrogen-bond acceptors (Lipinski definition) is 4. The molecule has 0 aliphatic rings. The van der Waals surface area contributed by atoms with Gasteiger partial charge < -0.3 is 4.74 Å². The molecule has 5 nitrogen and oxygen atoms in total. The number of fused-ring (bicyclic) bond motifs is 1. The number of para-hydroxylation sites is 2. The van der Waals surface area contributed by atoms with Gasteiger partial charge in [0.05, 0.1) is 18.1 Å². The van der Waals surface area contributed by atoms with Gasteiger partial charge in [0.1, 0.15) is 16.5 Å². The lowest BCUT2D eigenvalue weighted by Crippen LogP contribution is -2.15. The SMILES string of the molecule is COc1ccc(C)cc1S(=O)(=O)n1c(C)nc2ccccc21. The van der Waals surface area contributed by atoms with Gasteiger partial charge in [-0.05, 0) is 43.7 Å². The van der Waals surface area contributed by atoms with Crippen LogP contribution in [-0.2, 0) is 10.0 Å². The molecule has 0 radical (unpaired) electrons. The maximum absolute atomic E-state index is 13.1. The van der Waals surface area contributed by atoms with Crippen molar-refractivity contribution in [2.24, 2.45) is 0 Å². The Morgan fingerprint density at radius 3 is 2.55 bits per heavy atom. The molecule has 0 aliphatic carbocycles. The number of rotatable bonds is 3. The summed E-state index contributed by atoms with van der Waals surface area (Å²) in [6.45, 7) is 3.52. The van der Waals surface area contributed by atoms with E-state index in [0.29, 0.717) is 22.6 Å². The van der Waals surface area contributed by atoms with E-state index in [9.17, 15) is 8.42 Å². The van der Waals surface area contributed by atoms with Crippen LogP contribution in [0.15, 0.2) is 47.4 Å². The third-order valence-corrected chi connectivity index (χ3v) is 5.33. The summed E-state index contributed by atoms with van der Waals surface area (Å²) in [5.41, 5.74) is 2.06. The van der Waals surface area contributed by atoms with Crippen molar-refractivity contribution in [1.29, 1.82) is 0 Å². The van der Waals surface area contributed by atoms with Crippen LogP contribution in [-0.4, -0.2) is 24.5 Å². The third kappa shape index (κ3) is 2.16. The number of hydrogen-bond donors (Lipinski definition) is 0. The van der Waals surface area contributed by atoms with E-state index in [2.05, 4.69) is 4.98 Å². The van der Waals surface area contributed by atoms with Crippen molar-refractivity contribution in [2.45, 2.75) is 18.7 Å². The van der Waals surface area contributed by atoms with Crippen molar-refractivity contribution in [3.05, 3.63) is 53.9 Å². The number of ether oxygens (including phenoxy) is 1. The summed E-state index contributed by atoms with van der Waals surface area (Å²) in [6.07, 6.45) is 0. The van der Waals surface area contributed by atoms with Gasteiger partial charge in [-0.3, -0.25) is 0 Å². The fourth-order valence-electron chi connectivity index (χ4n) is 2.51. The maximum atomic E-state index is 13.1. The van der Waals surface area contributed by atoms with Crippen LogP contribution in [0, 0.1) is 13.8 Å². The van der Waals surface area contributed by atoms with Gasteiger partial charge >= 0.3 is 0 Å². The minimum atomic E-state index is -3.79. The number of benzene rings is 2. The molecule has 114 valence electrons. The van der Waals surface area contributed by atoms with Crippen molar-refractivity contribution in [1.82, 2.24) is 8.96 Å². The van der Waals surface area contributed by atoms with Gasteiger partial charge in [-0.1, -0.05) is 18.2 Å². The van der Waals surface area contributed by atoms with Crippen LogP contribution in [0.4, 0.5) is 0 Å². The van der Waals surface area contributed by atoms with Gasteiger partial charge in [0.15, 0.2) is 0 Å². The smallest absolute Gasteiger partial charge is 0.273 e. The Labute approximate surface area is 129 Å². The van der Waals surface area contributed by atoms with E-state index in [1.165, 1.54) is 11.1 Å². The molecule has 3 aromatic rings. The molecule has 1 aromatic heterocycles. The molecule has 3 rings (SSSR count). The summed E-state index contributed by atoms with van der Waals surface area (Å²) < 4.78 is 32.7. The summed E-state index contributed by atoms with van der Waals surface area (Å²) in [4.78, 5) is 4.47. The second-order valence-corrected chi connectivity index (χ2v) is 6.83. The highest BCUT2D eigenvalue weighted by atomic mass is 32.2. The van der Waals surface area contributed by atoms with Gasteiger partial charge in [-0.2, -0.15) is 0 Å². The highest BCUT2D eigenvalue weighted by Crippen LogP contribution is 2.29. The molecule has 6 heteroatoms. The molecule has 0 fully saturated rings. The summed E-state index contributed by atoms with van der Waals surface area (Å²) >= 11 is 0. The maximum Gasteiger partial charge on any atom is 0.273 e. The molecule has 0 unspecified atom stereocenters. The minimum Gasteiger partial charge on any atom is -0.495 e. The lowest BCUT2D eigenvalue weighted by molar-refractivity contribution is 0.402. The van der Waals surface area contributed by atoms with E-state index < -0.39 is 10.0 Å². The normalized spacial score (nSPS) is 11.8. The van der Waals surface area contributed by atoms with Crippen molar-refractivity contribution in [2.75, 3.05) is 7.11 Å². The van der Waals surface area contributed by atoms with E-state index in [4.69, 9.17) is 4.74 Å². The van der Waals surface area contributed by atoms with Crippen molar-refractivity contribution >= 4 is 21.1 Å². The van der Waals surface area contributed by atoms with Crippen LogP contribution in [0.2, 0.25) is 0 Å². The van der Waals surface area contributed by atoms with E-state index in [0.717, 1.165) is 5.56 Å². The first-order valence-electron chi connectivity index (χ1n) is 6.79. The van der Waals surface area contributed by atoms with Crippen molar-refractivity contribution in [3.8, 4) is 5.75 Å². The van der Waals surface area contributed by atoms with Crippen molar-refractivity contribution in [3.63, 3.8) is 0 Å². The second kappa shape index (κ2) is 5.14. The molecule has 1 heterocycles. The number of aromatic nitrogens is 2. The lowest BCUT2D eigenvalue weighted by atomic mass is 10.2. The number of methoxy groups -OCH3 is 1. The molecule has 0 aliphatic heterocycles. The number of nitrogens with zero attached hydrogens (tertiary/aromatic N) is 2. The Morgan fingerprint density at radius 1 is 1.09 bits per heavy atom. The van der Waals surface area contributed by atoms with E-state index in [-0.39, 0.29) is 4.90 Å². The summed E-state index contributed by atoms with van der Waals surface area (Å²) in [5.74, 6) is 0.743. The van der Waals surface area contributed by atoms with Crippen LogP contribution in [0.5, 0.6) is 5.75 Å². The average molecular weight is 316 g/mol. The molecule has 0 saturated carbocycles. The minimum absolute atomic E-state index is 0.140. The predicted octanol–water partition coefficient (Wildman–Crippen LogP) is 2.90. The van der Waals surface area contributed by atoms with Crippen LogP contribution >= 0.6 is 0 Å². The molecule has 0 saturated heterocycles. The molecular formula is C16H16N2O3S. The third-order valence-electron chi connectivity index (χ3n) is 3.51. The zero-order valence-electron chi connectivity index (χ0n) is 12.6. The van der Waals surface area contributed by atoms with E-state index in [1.54, 1.807) is 37.3 Å². The topological polar surface area (TPSA) is 61.2 Å². The van der Waals surface area contributed by atoms with Gasteiger partial charge in [-0.25, -0.2) is 17.4 Å². The Morgan fingerprint density at radius 2 is 1.82 bits per heavy atom. The first-order chi connectivity index (χ1) is 10.4. The van der Waals surface area contributed by atoms with Crippen molar-refractivity contribution < 1.29 is 13.2 Å². The molecule has 0 bridgehead atoms. The molecular weight excluding hydrogens is 300 g/mol. The fourth-order valence-corrected chi connectivity index (χ4v) is 4.25. The van der Waals surface area contributed by atoms with E-state index >= 15 is 0 Å². The van der Waals surface area contributed by atoms with Crippen LogP contribution < -0.4 is 4.74 Å². The van der Waals surface area contributed by atoms with Gasteiger partial charge in [0.25, 0.3) is 10.0 Å². The Hall–Kier alpha value is -2.34. The first-order valence-corrected chi connectivity index (χ1v) is 8.23. The molecule has 0 spiro atoms. The van der Waals surface area contributed by atoms with Crippen LogP contribution in [0.25, 0.3) is 11.0 Å². The highest BCUT2D eigenvalue weighted by molar-refractivity contribution is 7.90. The molecule has 22 heavy (non-hydrogen) atoms. The average Bonchev–Trinajstić information content (AvgIpc) is 2.83. The standard InChI is InChI=1S/C16H16N2O3S/c1-11-8-9-15(21-3)16(10-11)22(19,20)18-12(2)17-13-6-4-5-7-14(13)18/h4-10H,1-3H3. The van der Waals surface area contributed by atoms with Gasteiger partial charge in [0, 0.05) is 0 Å². The Bertz CT molecular complexity index is 959. The first kappa shape index (κ1) is 14.6. The zero-order valence-corrected chi connectivity index (χ0v) is 13.4. The summed E-state index contributed by atoms with van der Waals surface area (Å²) in [6, 6.07) is 12.3. The molecule has 0 atom stereocenters. The summed E-state index contributed by atoms with van der Waals surface area (Å²) in [7, 11) is -2.33. The molecule has 0 amide bonds. The number of imidazole rings is 1. The second-order valence-electron chi connectivity index (χ2n) is 5.07. The van der Waals surface area contributed by atoms with E-state index in [1.807, 2.05) is 19.1 Å². The highest BCUT2D eigenvalue weighted by Gasteiger charge is 2.25. The largest absolute Gasteiger partial charge is 0.495 e. The number of aryl methyl sites for hydroxylation is 2. The molecule has 0 N–H and O–H groups in total. The zero-order chi connectivity index (χ0) is 15.9. The molecule has 2 aromatic carbocycles. The Balaban J connectivity index is 2.34. The van der Waals surface area contributed by atoms with Gasteiger partial charge in [0.2, 0.25) is 0 Å². The fraction of sp³-hybridized carbons (Fsp3) is 0.188. The van der Waals surface area contributed by atoms with Gasteiger partial charge in [-0.15, -0.1) is 0 Å². The Kier molecular flexibility index (Phi) is 3.41. The lowest BCUT2D eigenvalue weighted by Gasteiger charge is -2.13. The van der Waals surface area contributed by atoms with Crippen LogP contribution in [0.3, 0.4) is 0 Å².